The first-order valence-electron chi connectivity index (χ1n) is 8.80. The van der Waals surface area contributed by atoms with Crippen LogP contribution in [0.3, 0.4) is 0 Å². The van der Waals surface area contributed by atoms with Crippen LogP contribution in [0.5, 0.6) is 5.75 Å². The Bertz CT molecular complexity index is 974. The second-order valence-electron chi connectivity index (χ2n) is 6.54. The lowest BCUT2D eigenvalue weighted by Gasteiger charge is -2.13. The first-order chi connectivity index (χ1) is 13.4. The van der Waals surface area contributed by atoms with Gasteiger partial charge in [-0.2, -0.15) is 0 Å². The van der Waals surface area contributed by atoms with Crippen LogP contribution < -0.4 is 15.4 Å². The molecule has 1 aromatic heterocycles. The summed E-state index contributed by atoms with van der Waals surface area (Å²) >= 11 is 1.20. The number of amides is 2. The van der Waals surface area contributed by atoms with Crippen molar-refractivity contribution in [3.05, 3.63) is 64.4 Å². The largest absolute Gasteiger partial charge is 0.486 e. The van der Waals surface area contributed by atoms with E-state index in [1.807, 2.05) is 13.0 Å². The number of benzene rings is 2. The molecule has 0 saturated carbocycles. The molecule has 0 atom stereocenters. The van der Waals surface area contributed by atoms with Gasteiger partial charge in [0.1, 0.15) is 18.2 Å². The lowest BCUT2D eigenvalue weighted by Crippen LogP contribution is -2.19. The molecule has 2 aromatic carbocycles. The molecular formula is C20H21FN4O2S. The molecule has 1 heterocycles. The van der Waals surface area contributed by atoms with Crippen molar-refractivity contribution >= 4 is 28.2 Å². The molecule has 0 radical (unpaired) electrons. The van der Waals surface area contributed by atoms with Gasteiger partial charge in [0.05, 0.1) is 5.69 Å². The molecule has 0 spiro atoms. The summed E-state index contributed by atoms with van der Waals surface area (Å²) in [5.74, 6) is 0.643. The molecule has 6 nitrogen and oxygen atoms in total. The van der Waals surface area contributed by atoms with Crippen LogP contribution in [-0.2, 0) is 6.61 Å². The Balaban J connectivity index is 1.60. The highest BCUT2D eigenvalue weighted by molar-refractivity contribution is 7.15. The number of carbonyl (C=O) groups excluding carboxylic acids is 1. The highest BCUT2D eigenvalue weighted by atomic mass is 32.1. The van der Waals surface area contributed by atoms with Gasteiger partial charge in [0.25, 0.3) is 0 Å². The molecule has 0 saturated heterocycles. The van der Waals surface area contributed by atoms with E-state index < -0.39 is 11.8 Å². The Kier molecular flexibility index (Phi) is 6.20. The number of ether oxygens (including phenoxy) is 1. The molecule has 2 amide bonds. The maximum absolute atomic E-state index is 13.6. The van der Waals surface area contributed by atoms with E-state index in [1.165, 1.54) is 23.5 Å². The number of aromatic nitrogens is 2. The Labute approximate surface area is 166 Å². The van der Waals surface area contributed by atoms with E-state index >= 15 is 0 Å². The smallest absolute Gasteiger partial charge is 0.325 e. The second-order valence-corrected chi connectivity index (χ2v) is 7.61. The molecule has 0 aliphatic carbocycles. The standard InChI is InChI=1S/C20H21FN4O2S/c1-12(2)14-9-8-13(3)10-17(14)27-11-18-24-25-20(28-18)23-19(26)22-16-7-5-4-6-15(16)21/h4-10,12H,11H2,1-3H3,(H2,22,23,25,26). The van der Waals surface area contributed by atoms with Crippen molar-refractivity contribution < 1.29 is 13.9 Å². The fourth-order valence-corrected chi connectivity index (χ4v) is 3.21. The Morgan fingerprint density at radius 3 is 2.71 bits per heavy atom. The minimum absolute atomic E-state index is 0.0914. The highest BCUT2D eigenvalue weighted by Crippen LogP contribution is 2.28. The number of urea groups is 1. The molecule has 3 rings (SSSR count). The van der Waals surface area contributed by atoms with Crippen LogP contribution in [0.4, 0.5) is 20.0 Å². The predicted molar refractivity (Wildman–Crippen MR) is 109 cm³/mol. The molecule has 8 heteroatoms. The number of rotatable bonds is 6. The van der Waals surface area contributed by atoms with Crippen molar-refractivity contribution in [2.24, 2.45) is 0 Å². The fraction of sp³-hybridized carbons (Fsp3) is 0.250. The summed E-state index contributed by atoms with van der Waals surface area (Å²) in [7, 11) is 0. The summed E-state index contributed by atoms with van der Waals surface area (Å²) in [4.78, 5) is 12.0. The van der Waals surface area contributed by atoms with E-state index in [9.17, 15) is 9.18 Å². The first-order valence-corrected chi connectivity index (χ1v) is 9.62. The number of nitrogens with one attached hydrogen (secondary N) is 2. The van der Waals surface area contributed by atoms with Crippen LogP contribution in [0, 0.1) is 12.7 Å². The molecule has 28 heavy (non-hydrogen) atoms. The number of carbonyl (C=O) groups is 1. The molecule has 0 aliphatic rings. The summed E-state index contributed by atoms with van der Waals surface area (Å²) in [6.07, 6.45) is 0. The van der Waals surface area contributed by atoms with Gasteiger partial charge in [-0.15, -0.1) is 10.2 Å². The summed E-state index contributed by atoms with van der Waals surface area (Å²) in [6.45, 7) is 6.48. The molecule has 2 N–H and O–H groups in total. The van der Waals surface area contributed by atoms with Crippen molar-refractivity contribution in [2.45, 2.75) is 33.3 Å². The topological polar surface area (TPSA) is 76.1 Å². The van der Waals surface area contributed by atoms with Crippen LogP contribution >= 0.6 is 11.3 Å². The lowest BCUT2D eigenvalue weighted by molar-refractivity contribution is 0.262. The van der Waals surface area contributed by atoms with Gasteiger partial charge in [0.2, 0.25) is 5.13 Å². The second kappa shape index (κ2) is 8.79. The summed E-state index contributed by atoms with van der Waals surface area (Å²) in [5.41, 5.74) is 2.33. The zero-order valence-corrected chi connectivity index (χ0v) is 16.6. The van der Waals surface area contributed by atoms with E-state index in [0.717, 1.165) is 16.9 Å². The SMILES string of the molecule is Cc1ccc(C(C)C)c(OCc2nnc(NC(=O)Nc3ccccc3F)s2)c1. The van der Waals surface area contributed by atoms with Crippen molar-refractivity contribution in [1.82, 2.24) is 10.2 Å². The molecule has 0 bridgehead atoms. The average Bonchev–Trinajstić information content (AvgIpc) is 3.09. The number of para-hydroxylation sites is 1. The van der Waals surface area contributed by atoms with Crippen molar-refractivity contribution in [3.63, 3.8) is 0 Å². The fourth-order valence-electron chi connectivity index (χ4n) is 2.56. The molecule has 0 unspecified atom stereocenters. The predicted octanol–water partition coefficient (Wildman–Crippen LogP) is 5.33. The normalized spacial score (nSPS) is 10.8. The van der Waals surface area contributed by atoms with E-state index in [1.54, 1.807) is 12.1 Å². The third-order valence-corrected chi connectivity index (χ3v) is 4.76. The first kappa shape index (κ1) is 19.8. The summed E-state index contributed by atoms with van der Waals surface area (Å²) in [5, 5.41) is 13.9. The van der Waals surface area contributed by atoms with Crippen LogP contribution in [0.15, 0.2) is 42.5 Å². The highest BCUT2D eigenvalue weighted by Gasteiger charge is 2.12. The van der Waals surface area contributed by atoms with Gasteiger partial charge in [-0.05, 0) is 42.2 Å². The molecule has 0 fully saturated rings. The summed E-state index contributed by atoms with van der Waals surface area (Å²) < 4.78 is 19.5. The molecule has 0 aliphatic heterocycles. The third-order valence-electron chi connectivity index (χ3n) is 3.95. The zero-order chi connectivity index (χ0) is 20.1. The number of aryl methyl sites for hydroxylation is 1. The van der Waals surface area contributed by atoms with E-state index in [0.29, 0.717) is 16.1 Å². The number of hydrogen-bond donors (Lipinski definition) is 2. The average molecular weight is 400 g/mol. The van der Waals surface area contributed by atoms with Crippen LogP contribution in [0.1, 0.15) is 35.9 Å². The van der Waals surface area contributed by atoms with Crippen LogP contribution in [0.25, 0.3) is 0 Å². The molecule has 3 aromatic rings. The van der Waals surface area contributed by atoms with Gasteiger partial charge in [-0.25, -0.2) is 9.18 Å². The van der Waals surface area contributed by atoms with Gasteiger partial charge in [-0.3, -0.25) is 5.32 Å². The number of halogens is 1. The van der Waals surface area contributed by atoms with Crippen LogP contribution in [-0.4, -0.2) is 16.2 Å². The van der Waals surface area contributed by atoms with E-state index in [-0.39, 0.29) is 12.3 Å². The Hall–Kier alpha value is -3.00. The quantitative estimate of drug-likeness (QED) is 0.586. The van der Waals surface area contributed by atoms with E-state index in [4.69, 9.17) is 4.74 Å². The maximum Gasteiger partial charge on any atom is 0.325 e. The van der Waals surface area contributed by atoms with Crippen molar-refractivity contribution in [1.29, 1.82) is 0 Å². The molecule has 146 valence electrons. The monoisotopic (exact) mass is 400 g/mol. The minimum atomic E-state index is -0.588. The van der Waals surface area contributed by atoms with Gasteiger partial charge in [0.15, 0.2) is 5.01 Å². The minimum Gasteiger partial charge on any atom is -0.486 e. The Morgan fingerprint density at radius 2 is 1.96 bits per heavy atom. The van der Waals surface area contributed by atoms with Gasteiger partial charge in [0, 0.05) is 0 Å². The van der Waals surface area contributed by atoms with Gasteiger partial charge >= 0.3 is 6.03 Å². The molecular weight excluding hydrogens is 379 g/mol. The number of anilines is 2. The zero-order valence-electron chi connectivity index (χ0n) is 15.8. The van der Waals surface area contributed by atoms with Gasteiger partial charge < -0.3 is 10.1 Å². The third kappa shape index (κ3) is 5.04. The lowest BCUT2D eigenvalue weighted by atomic mass is 10.0. The van der Waals surface area contributed by atoms with Crippen LogP contribution in [0.2, 0.25) is 0 Å². The van der Waals surface area contributed by atoms with Gasteiger partial charge in [-0.1, -0.05) is 49.4 Å². The van der Waals surface area contributed by atoms with Crippen molar-refractivity contribution in [2.75, 3.05) is 10.6 Å². The number of hydrogen-bond acceptors (Lipinski definition) is 5. The van der Waals surface area contributed by atoms with Crippen molar-refractivity contribution in [3.8, 4) is 5.75 Å². The van der Waals surface area contributed by atoms with E-state index in [2.05, 4.69) is 46.8 Å². The summed E-state index contributed by atoms with van der Waals surface area (Å²) in [6, 6.07) is 11.5. The maximum atomic E-state index is 13.6. The Morgan fingerprint density at radius 1 is 1.18 bits per heavy atom. The number of nitrogens with zero attached hydrogens (tertiary/aromatic N) is 2.